The van der Waals surface area contributed by atoms with E-state index < -0.39 is 21.6 Å². The minimum absolute atomic E-state index is 0.185. The summed E-state index contributed by atoms with van der Waals surface area (Å²) in [6.45, 7) is 7.76. The fourth-order valence-corrected chi connectivity index (χ4v) is 5.45. The number of carbonyl (C=O) groups is 1. The van der Waals surface area contributed by atoms with Gasteiger partial charge in [-0.15, -0.1) is 0 Å². The number of nitrogens with zero attached hydrogens (tertiary/aromatic N) is 1. The van der Waals surface area contributed by atoms with E-state index in [1.807, 2.05) is 44.2 Å². The van der Waals surface area contributed by atoms with Crippen molar-refractivity contribution in [1.29, 1.82) is 0 Å². The fraction of sp³-hybridized carbons (Fsp3) is 0.393. The number of hydrogen-bond donors (Lipinski definition) is 1. The van der Waals surface area contributed by atoms with Gasteiger partial charge in [0.05, 0.1) is 4.90 Å². The molecule has 0 saturated heterocycles. The van der Waals surface area contributed by atoms with Crippen LogP contribution in [0.5, 0.6) is 11.5 Å². The number of fused-ring (bicyclic) bond motifs is 1. The van der Waals surface area contributed by atoms with Crippen molar-refractivity contribution in [3.63, 3.8) is 0 Å². The molecular formula is C28H35NO6S. The molecule has 0 bridgehead atoms. The van der Waals surface area contributed by atoms with E-state index in [1.165, 1.54) is 18.2 Å². The Bertz CT molecular complexity index is 1300. The van der Waals surface area contributed by atoms with E-state index in [0.717, 1.165) is 22.8 Å². The number of aliphatic carboxylic acids is 1. The van der Waals surface area contributed by atoms with Crippen LogP contribution < -0.4 is 9.47 Å². The van der Waals surface area contributed by atoms with Crippen molar-refractivity contribution in [2.24, 2.45) is 0 Å². The van der Waals surface area contributed by atoms with Gasteiger partial charge in [0.2, 0.25) is 10.0 Å². The van der Waals surface area contributed by atoms with Crippen LogP contribution in [0.1, 0.15) is 46.1 Å². The van der Waals surface area contributed by atoms with E-state index in [1.54, 1.807) is 30.3 Å². The largest absolute Gasteiger partial charge is 0.492 e. The van der Waals surface area contributed by atoms with E-state index in [9.17, 15) is 18.3 Å². The van der Waals surface area contributed by atoms with Crippen molar-refractivity contribution in [2.45, 2.75) is 57.5 Å². The standard InChI is InChI=1S/C28H35NO6S/c1-5-9-23-19-24(35-28(3,4)27(30)31)13-15-26(23)34-18-17-29(16-6-2)36(32,33)25-14-12-21-10-7-8-11-22(21)20-25/h7-8,10-15,19-20H,5-6,9,16-18H2,1-4H3,(H,30,31). The maximum Gasteiger partial charge on any atom is 0.347 e. The second kappa shape index (κ2) is 11.8. The number of carboxylic acid groups (broad SMARTS) is 1. The Kier molecular flexibility index (Phi) is 8.98. The first-order valence-corrected chi connectivity index (χ1v) is 13.7. The molecule has 0 radical (unpaired) electrons. The summed E-state index contributed by atoms with van der Waals surface area (Å²) >= 11 is 0. The van der Waals surface area contributed by atoms with Gasteiger partial charge < -0.3 is 14.6 Å². The van der Waals surface area contributed by atoms with Gasteiger partial charge in [-0.1, -0.05) is 50.6 Å². The molecule has 0 saturated carbocycles. The molecule has 0 amide bonds. The molecule has 0 aromatic heterocycles. The number of benzene rings is 3. The van der Waals surface area contributed by atoms with Gasteiger partial charge in [-0.05, 0) is 73.4 Å². The molecule has 0 unspecified atom stereocenters. The summed E-state index contributed by atoms with van der Waals surface area (Å²) < 4.78 is 40.0. The Morgan fingerprint density at radius 2 is 1.67 bits per heavy atom. The first-order chi connectivity index (χ1) is 17.1. The van der Waals surface area contributed by atoms with E-state index in [-0.39, 0.29) is 18.0 Å². The molecule has 0 heterocycles. The minimum Gasteiger partial charge on any atom is -0.492 e. The van der Waals surface area contributed by atoms with Gasteiger partial charge in [-0.3, -0.25) is 0 Å². The monoisotopic (exact) mass is 513 g/mol. The van der Waals surface area contributed by atoms with Gasteiger partial charge in [-0.25, -0.2) is 13.2 Å². The highest BCUT2D eigenvalue weighted by molar-refractivity contribution is 7.89. The Balaban J connectivity index is 1.75. The van der Waals surface area contributed by atoms with Crippen LogP contribution in [0.4, 0.5) is 0 Å². The lowest BCUT2D eigenvalue weighted by Crippen LogP contribution is -2.37. The third-order valence-corrected chi connectivity index (χ3v) is 7.76. The van der Waals surface area contributed by atoms with E-state index in [4.69, 9.17) is 9.47 Å². The second-order valence-electron chi connectivity index (χ2n) is 9.20. The zero-order valence-corrected chi connectivity index (χ0v) is 22.2. The first kappa shape index (κ1) is 27.5. The highest BCUT2D eigenvalue weighted by Gasteiger charge is 2.29. The van der Waals surface area contributed by atoms with Crippen LogP contribution in [0, 0.1) is 0 Å². The van der Waals surface area contributed by atoms with Gasteiger partial charge >= 0.3 is 5.97 Å². The zero-order chi connectivity index (χ0) is 26.3. The van der Waals surface area contributed by atoms with Gasteiger partial charge in [0, 0.05) is 13.1 Å². The second-order valence-corrected chi connectivity index (χ2v) is 11.1. The lowest BCUT2D eigenvalue weighted by molar-refractivity contribution is -0.152. The third-order valence-electron chi connectivity index (χ3n) is 5.87. The molecule has 3 aromatic carbocycles. The molecule has 36 heavy (non-hydrogen) atoms. The number of rotatable bonds is 13. The maximum atomic E-state index is 13.4. The van der Waals surface area contributed by atoms with Crippen LogP contribution in [0.2, 0.25) is 0 Å². The van der Waals surface area contributed by atoms with Crippen molar-refractivity contribution in [3.05, 3.63) is 66.2 Å². The molecule has 7 nitrogen and oxygen atoms in total. The molecule has 0 aliphatic rings. The molecule has 194 valence electrons. The zero-order valence-electron chi connectivity index (χ0n) is 21.4. The van der Waals surface area contributed by atoms with Crippen LogP contribution in [0.15, 0.2) is 65.6 Å². The Hall–Kier alpha value is -3.10. The molecule has 8 heteroatoms. The third kappa shape index (κ3) is 6.56. The number of ether oxygens (including phenoxy) is 2. The molecular weight excluding hydrogens is 478 g/mol. The quantitative estimate of drug-likeness (QED) is 0.324. The van der Waals surface area contributed by atoms with Crippen molar-refractivity contribution < 1.29 is 27.8 Å². The van der Waals surface area contributed by atoms with Gasteiger partial charge in [0.15, 0.2) is 5.60 Å². The topological polar surface area (TPSA) is 93.1 Å². The van der Waals surface area contributed by atoms with Crippen molar-refractivity contribution in [1.82, 2.24) is 4.31 Å². The minimum atomic E-state index is -3.69. The lowest BCUT2D eigenvalue weighted by Gasteiger charge is -2.24. The number of aryl methyl sites for hydroxylation is 1. The highest BCUT2D eigenvalue weighted by Crippen LogP contribution is 2.28. The molecule has 1 N–H and O–H groups in total. The average Bonchev–Trinajstić information content (AvgIpc) is 2.84. The summed E-state index contributed by atoms with van der Waals surface area (Å²) in [5.74, 6) is 0.0325. The SMILES string of the molecule is CCCc1cc(OC(C)(C)C(=O)O)ccc1OCCN(CCC)S(=O)(=O)c1ccc2ccccc2c1. The molecule has 0 fully saturated rings. The highest BCUT2D eigenvalue weighted by atomic mass is 32.2. The van der Waals surface area contributed by atoms with Crippen molar-refractivity contribution in [2.75, 3.05) is 19.7 Å². The molecule has 0 atom stereocenters. The lowest BCUT2D eigenvalue weighted by atomic mass is 10.1. The summed E-state index contributed by atoms with van der Waals surface area (Å²) in [6.07, 6.45) is 2.26. The fourth-order valence-electron chi connectivity index (χ4n) is 3.90. The van der Waals surface area contributed by atoms with Crippen LogP contribution in [0.25, 0.3) is 10.8 Å². The Labute approximate surface area is 213 Å². The maximum absolute atomic E-state index is 13.4. The summed E-state index contributed by atoms with van der Waals surface area (Å²) in [4.78, 5) is 11.7. The number of carboxylic acids is 1. The predicted octanol–water partition coefficient (Wildman–Crippen LogP) is 5.51. The van der Waals surface area contributed by atoms with Crippen molar-refractivity contribution in [3.8, 4) is 11.5 Å². The smallest absolute Gasteiger partial charge is 0.347 e. The van der Waals surface area contributed by atoms with Crippen LogP contribution in [-0.4, -0.2) is 49.1 Å². The normalized spacial score (nSPS) is 12.1. The van der Waals surface area contributed by atoms with E-state index >= 15 is 0 Å². The van der Waals surface area contributed by atoms with Gasteiger partial charge in [-0.2, -0.15) is 4.31 Å². The molecule has 0 spiro atoms. The predicted molar refractivity (Wildman–Crippen MR) is 141 cm³/mol. The number of sulfonamides is 1. The summed E-state index contributed by atoms with van der Waals surface area (Å²) in [7, 11) is -3.69. The van der Waals surface area contributed by atoms with Gasteiger partial charge in [0.1, 0.15) is 18.1 Å². The molecule has 0 aliphatic heterocycles. The van der Waals surface area contributed by atoms with Crippen LogP contribution in [-0.2, 0) is 21.2 Å². The molecule has 3 aromatic rings. The first-order valence-electron chi connectivity index (χ1n) is 12.3. The summed E-state index contributed by atoms with van der Waals surface area (Å²) in [6, 6.07) is 18.1. The van der Waals surface area contributed by atoms with E-state index in [2.05, 4.69) is 0 Å². The molecule has 3 rings (SSSR count). The summed E-state index contributed by atoms with van der Waals surface area (Å²) in [5, 5.41) is 11.2. The van der Waals surface area contributed by atoms with Crippen LogP contribution in [0.3, 0.4) is 0 Å². The van der Waals surface area contributed by atoms with E-state index in [0.29, 0.717) is 30.9 Å². The number of hydrogen-bond acceptors (Lipinski definition) is 5. The van der Waals surface area contributed by atoms with Crippen molar-refractivity contribution >= 4 is 26.8 Å². The Morgan fingerprint density at radius 3 is 2.33 bits per heavy atom. The average molecular weight is 514 g/mol. The molecule has 0 aliphatic carbocycles. The van der Waals surface area contributed by atoms with Crippen LogP contribution >= 0.6 is 0 Å². The summed E-state index contributed by atoms with van der Waals surface area (Å²) in [5.41, 5.74) is -0.473. The Morgan fingerprint density at radius 1 is 0.944 bits per heavy atom. The van der Waals surface area contributed by atoms with Gasteiger partial charge in [0.25, 0.3) is 0 Å².